The molecule has 1 N–H and O–H groups in total. The second-order valence-corrected chi connectivity index (χ2v) is 6.09. The average molecular weight is 239 g/mol. The van der Waals surface area contributed by atoms with E-state index in [9.17, 15) is 0 Å². The Hall–Kier alpha value is -0.630. The van der Waals surface area contributed by atoms with Gasteiger partial charge in [0.2, 0.25) is 0 Å². The van der Waals surface area contributed by atoms with Gasteiger partial charge in [0.15, 0.2) is 0 Å². The molecule has 0 spiro atoms. The quantitative estimate of drug-likeness (QED) is 0.805. The molecule has 1 saturated heterocycles. The van der Waals surface area contributed by atoms with Gasteiger partial charge in [-0.05, 0) is 41.2 Å². The van der Waals surface area contributed by atoms with Crippen LogP contribution in [0.2, 0.25) is 0 Å². The fourth-order valence-electron chi connectivity index (χ4n) is 2.69. The monoisotopic (exact) mass is 239 g/mol. The summed E-state index contributed by atoms with van der Waals surface area (Å²) in [5.74, 6) is 0. The molecule has 1 rings (SSSR count). The molecule has 0 saturated carbocycles. The molecule has 1 heterocycles. The van der Waals surface area contributed by atoms with E-state index in [1.165, 1.54) is 0 Å². The fraction of sp³-hybridized carbons (Fsp3) is 0.923. The van der Waals surface area contributed by atoms with Crippen molar-refractivity contribution in [2.24, 2.45) is 0 Å². The van der Waals surface area contributed by atoms with Gasteiger partial charge in [-0.1, -0.05) is 0 Å². The van der Waals surface area contributed by atoms with Crippen molar-refractivity contribution < 1.29 is 4.74 Å². The molecule has 0 aliphatic carbocycles. The van der Waals surface area contributed by atoms with E-state index in [1.54, 1.807) is 0 Å². The Morgan fingerprint density at radius 2 is 1.82 bits per heavy atom. The number of hydrogen-bond acceptors (Lipinski definition) is 4. The maximum absolute atomic E-state index is 8.91. The van der Waals surface area contributed by atoms with Crippen LogP contribution in [-0.2, 0) is 4.74 Å². The van der Waals surface area contributed by atoms with Crippen LogP contribution in [0.25, 0.3) is 0 Å². The molecule has 1 aliphatic rings. The number of nitrogens with one attached hydrogen (secondary N) is 1. The molecule has 1 fully saturated rings. The zero-order chi connectivity index (χ0) is 13.1. The minimum atomic E-state index is -0.108. The molecule has 0 amide bonds. The van der Waals surface area contributed by atoms with Crippen molar-refractivity contribution in [2.45, 2.75) is 51.4 Å². The van der Waals surface area contributed by atoms with Gasteiger partial charge in [0.1, 0.15) is 0 Å². The molecule has 98 valence electrons. The van der Waals surface area contributed by atoms with Gasteiger partial charge in [0, 0.05) is 19.6 Å². The number of morpholine rings is 1. The molecule has 0 aromatic heterocycles. The lowest BCUT2D eigenvalue weighted by molar-refractivity contribution is -0.180. The van der Waals surface area contributed by atoms with Gasteiger partial charge in [-0.15, -0.1) is 0 Å². The highest BCUT2D eigenvalue weighted by Gasteiger charge is 2.37. The summed E-state index contributed by atoms with van der Waals surface area (Å²) < 4.78 is 6.03. The highest BCUT2D eigenvalue weighted by atomic mass is 16.5. The van der Waals surface area contributed by atoms with Crippen molar-refractivity contribution in [1.82, 2.24) is 10.2 Å². The largest absolute Gasteiger partial charge is 0.367 e. The molecule has 1 atom stereocenters. The minimum Gasteiger partial charge on any atom is -0.367 e. The third kappa shape index (κ3) is 4.63. The second-order valence-electron chi connectivity index (χ2n) is 6.09. The maximum Gasteiger partial charge on any atom is 0.0962 e. The Balaban J connectivity index is 2.52. The van der Waals surface area contributed by atoms with Crippen LogP contribution in [0.1, 0.15) is 34.1 Å². The first kappa shape index (κ1) is 14.4. The van der Waals surface area contributed by atoms with Crippen LogP contribution in [0.15, 0.2) is 0 Å². The topological polar surface area (TPSA) is 48.3 Å². The van der Waals surface area contributed by atoms with Crippen LogP contribution >= 0.6 is 0 Å². The molecule has 4 nitrogen and oxygen atoms in total. The van der Waals surface area contributed by atoms with Crippen LogP contribution in [0.4, 0.5) is 0 Å². The highest BCUT2D eigenvalue weighted by Crippen LogP contribution is 2.27. The van der Waals surface area contributed by atoms with E-state index in [-0.39, 0.29) is 17.2 Å². The van der Waals surface area contributed by atoms with E-state index in [0.29, 0.717) is 0 Å². The molecule has 1 unspecified atom stereocenters. The van der Waals surface area contributed by atoms with E-state index >= 15 is 0 Å². The second kappa shape index (κ2) is 5.34. The fourth-order valence-corrected chi connectivity index (χ4v) is 2.69. The van der Waals surface area contributed by atoms with Gasteiger partial charge in [-0.25, -0.2) is 0 Å². The van der Waals surface area contributed by atoms with Crippen LogP contribution in [0.5, 0.6) is 0 Å². The normalized spacial score (nSPS) is 25.2. The molecule has 4 heteroatoms. The number of hydrogen-bond donors (Lipinski definition) is 1. The van der Waals surface area contributed by atoms with Gasteiger partial charge in [-0.3, -0.25) is 4.90 Å². The molecule has 0 aromatic rings. The molecule has 0 radical (unpaired) electrons. The average Bonchev–Trinajstić information content (AvgIpc) is 2.14. The third-order valence-corrected chi connectivity index (χ3v) is 3.00. The van der Waals surface area contributed by atoms with Gasteiger partial charge >= 0.3 is 0 Å². The molecule has 0 aromatic carbocycles. The SMILES string of the molecule is CNC(C#N)CCN1CC(C)(C)OC(C)(C)C1. The lowest BCUT2D eigenvalue weighted by Gasteiger charge is -2.47. The molecule has 0 bridgehead atoms. The van der Waals surface area contributed by atoms with Crippen molar-refractivity contribution in [3.63, 3.8) is 0 Å². The van der Waals surface area contributed by atoms with Gasteiger partial charge in [-0.2, -0.15) is 5.26 Å². The summed E-state index contributed by atoms with van der Waals surface area (Å²) in [7, 11) is 1.83. The Bertz CT molecular complexity index is 278. The van der Waals surface area contributed by atoms with Crippen molar-refractivity contribution in [3.8, 4) is 6.07 Å². The number of nitriles is 1. The van der Waals surface area contributed by atoms with E-state index in [0.717, 1.165) is 26.1 Å². The third-order valence-electron chi connectivity index (χ3n) is 3.00. The van der Waals surface area contributed by atoms with E-state index in [4.69, 9.17) is 10.00 Å². The predicted molar refractivity (Wildman–Crippen MR) is 68.8 cm³/mol. The Kier molecular flexibility index (Phi) is 4.54. The van der Waals surface area contributed by atoms with E-state index in [1.807, 2.05) is 7.05 Å². The van der Waals surface area contributed by atoms with Crippen LogP contribution in [0, 0.1) is 11.3 Å². The predicted octanol–water partition coefficient (Wildman–Crippen LogP) is 1.38. The molecular formula is C13H25N3O. The molecule has 17 heavy (non-hydrogen) atoms. The molecular weight excluding hydrogens is 214 g/mol. The van der Waals surface area contributed by atoms with Crippen LogP contribution in [0.3, 0.4) is 0 Å². The lowest BCUT2D eigenvalue weighted by atomic mass is 9.98. The number of rotatable bonds is 4. The Morgan fingerprint density at radius 1 is 1.29 bits per heavy atom. The summed E-state index contributed by atoms with van der Waals surface area (Å²) in [4.78, 5) is 2.39. The standard InChI is InChI=1S/C13H25N3O/c1-12(2)9-16(10-13(3,4)17-12)7-6-11(8-14)15-5/h11,15H,6-7,9-10H2,1-5H3. The summed E-state index contributed by atoms with van der Waals surface area (Å²) in [6.07, 6.45) is 0.860. The van der Waals surface area contributed by atoms with Crippen molar-refractivity contribution in [2.75, 3.05) is 26.7 Å². The highest BCUT2D eigenvalue weighted by molar-refractivity contribution is 4.92. The number of nitrogens with zero attached hydrogens (tertiary/aromatic N) is 2. The summed E-state index contributed by atoms with van der Waals surface area (Å²) in [5.41, 5.74) is -0.215. The zero-order valence-electron chi connectivity index (χ0n) is 11.7. The van der Waals surface area contributed by atoms with E-state index in [2.05, 4.69) is 44.0 Å². The Morgan fingerprint density at radius 3 is 2.24 bits per heavy atom. The van der Waals surface area contributed by atoms with Crippen LogP contribution < -0.4 is 5.32 Å². The smallest absolute Gasteiger partial charge is 0.0962 e. The minimum absolute atomic E-state index is 0.0518. The van der Waals surface area contributed by atoms with Crippen molar-refractivity contribution >= 4 is 0 Å². The van der Waals surface area contributed by atoms with Crippen molar-refractivity contribution in [1.29, 1.82) is 5.26 Å². The Labute approximate surface area is 105 Å². The van der Waals surface area contributed by atoms with E-state index < -0.39 is 0 Å². The molecule has 1 aliphatic heterocycles. The first-order valence-corrected chi connectivity index (χ1v) is 6.27. The first-order valence-electron chi connectivity index (χ1n) is 6.27. The van der Waals surface area contributed by atoms with Gasteiger partial charge in [0.05, 0.1) is 23.3 Å². The lowest BCUT2D eigenvalue weighted by Crippen LogP contribution is -2.57. The van der Waals surface area contributed by atoms with Crippen LogP contribution in [-0.4, -0.2) is 48.8 Å². The summed E-state index contributed by atoms with van der Waals surface area (Å²) in [6, 6.07) is 2.21. The van der Waals surface area contributed by atoms with Crippen molar-refractivity contribution in [3.05, 3.63) is 0 Å². The first-order chi connectivity index (χ1) is 7.78. The number of ether oxygens (including phenoxy) is 1. The van der Waals surface area contributed by atoms with Gasteiger partial charge < -0.3 is 10.1 Å². The summed E-state index contributed by atoms with van der Waals surface area (Å²) in [6.45, 7) is 11.3. The zero-order valence-corrected chi connectivity index (χ0v) is 11.7. The van der Waals surface area contributed by atoms with Gasteiger partial charge in [0.25, 0.3) is 0 Å². The summed E-state index contributed by atoms with van der Waals surface area (Å²) >= 11 is 0. The maximum atomic E-state index is 8.91. The summed E-state index contributed by atoms with van der Waals surface area (Å²) in [5, 5.41) is 11.9.